The summed E-state index contributed by atoms with van der Waals surface area (Å²) >= 11 is 0.777. The molecule has 0 N–H and O–H groups in total. The third kappa shape index (κ3) is 15.2. The number of para-hydroxylation sites is 2. The van der Waals surface area contributed by atoms with Crippen LogP contribution >= 0.6 is 0 Å². The number of rotatable bonds is 24. The molecule has 0 aromatic heterocycles. The zero-order chi connectivity index (χ0) is 39.8. The second-order valence-electron chi connectivity index (χ2n) is 15.2. The van der Waals surface area contributed by atoms with Crippen molar-refractivity contribution < 1.29 is 27.5 Å². The van der Waals surface area contributed by atoms with E-state index in [0.717, 1.165) is 76.5 Å². The monoisotopic (exact) mass is 798 g/mol. The van der Waals surface area contributed by atoms with Crippen LogP contribution in [0.4, 0.5) is 0 Å². The number of hydrogen-bond donors (Lipinski definition) is 0. The van der Waals surface area contributed by atoms with Crippen molar-refractivity contribution in [1.29, 1.82) is 0 Å². The van der Waals surface area contributed by atoms with E-state index in [1.54, 1.807) is 4.70 Å². The van der Waals surface area contributed by atoms with Gasteiger partial charge in [-0.25, -0.2) is 4.70 Å². The van der Waals surface area contributed by atoms with E-state index in [0.29, 0.717) is 0 Å². The first-order valence-corrected chi connectivity index (χ1v) is 22.5. The Labute approximate surface area is 346 Å². The van der Waals surface area contributed by atoms with E-state index in [1.807, 2.05) is 60.7 Å². The number of nitrogens with zero attached hydrogens (tertiary/aromatic N) is 2. The van der Waals surface area contributed by atoms with Gasteiger partial charge in [-0.1, -0.05) is 98.1 Å². The Hall–Kier alpha value is -3.95. The van der Waals surface area contributed by atoms with Gasteiger partial charge in [-0.05, 0) is 111 Å². The van der Waals surface area contributed by atoms with Crippen molar-refractivity contribution in [3.63, 3.8) is 0 Å². The summed E-state index contributed by atoms with van der Waals surface area (Å²) in [6.07, 6.45) is 23.6. The molecule has 0 saturated heterocycles. The first kappa shape index (κ1) is 44.8. The Bertz CT molecular complexity index is 1700. The Morgan fingerprint density at radius 2 is 0.857 bits per heavy atom. The molecule has 0 bridgehead atoms. The van der Waals surface area contributed by atoms with Crippen molar-refractivity contribution in [2.75, 3.05) is 0 Å². The van der Waals surface area contributed by atoms with E-state index in [4.69, 9.17) is 7.76 Å². The molecule has 1 aliphatic rings. The van der Waals surface area contributed by atoms with Gasteiger partial charge in [0.15, 0.2) is 0 Å². The molecular formula is C51H68N2NiO2. The quantitative estimate of drug-likeness (QED) is 0.0402. The van der Waals surface area contributed by atoms with Crippen LogP contribution in [-0.4, -0.2) is 4.70 Å². The predicted molar refractivity (Wildman–Crippen MR) is 233 cm³/mol. The summed E-state index contributed by atoms with van der Waals surface area (Å²) in [6, 6.07) is 33.4. The normalized spacial score (nSPS) is 12.4. The standard InChI is InChI=1S/C39H58N2.2C6H6O.Ni/c1-6-11-16-21-33-25-34(22-17-12-7-2)27-36(26-33)38-30-35(23-18-13-8-3)39(41(38)40)37-28-31(19-14-9-4)24-32(29-37)20-15-10-5;2*7-6-4-2-1-3-5-6;/h24-30H,6-23H2,1-5H3;2*1-5,7H;/q;;;+2/p-2. The first-order valence-electron chi connectivity index (χ1n) is 21.7. The molecular weight excluding hydrogens is 731 g/mol. The molecule has 0 saturated carbocycles. The van der Waals surface area contributed by atoms with E-state index in [1.165, 1.54) is 116 Å². The van der Waals surface area contributed by atoms with Gasteiger partial charge in [0.2, 0.25) is 11.4 Å². The van der Waals surface area contributed by atoms with E-state index in [9.17, 15) is 5.53 Å². The minimum atomic E-state index is 0.777. The molecule has 0 fully saturated rings. The third-order valence-corrected chi connectivity index (χ3v) is 10.9. The molecule has 0 atom stereocenters. The molecule has 4 aromatic carbocycles. The van der Waals surface area contributed by atoms with E-state index >= 15 is 0 Å². The zero-order valence-corrected chi connectivity index (χ0v) is 36.1. The van der Waals surface area contributed by atoms with Crippen molar-refractivity contribution in [2.45, 2.75) is 150 Å². The van der Waals surface area contributed by atoms with Crippen LogP contribution in [0.25, 0.3) is 16.9 Å². The van der Waals surface area contributed by atoms with Gasteiger partial charge in [0.25, 0.3) is 0 Å². The molecule has 1 heterocycles. The molecule has 4 nitrogen and oxygen atoms in total. The molecule has 0 unspecified atom stereocenters. The van der Waals surface area contributed by atoms with Crippen LogP contribution < -0.4 is 7.76 Å². The molecule has 0 aliphatic carbocycles. The zero-order valence-electron chi connectivity index (χ0n) is 35.1. The summed E-state index contributed by atoms with van der Waals surface area (Å²) in [5.74, 6) is 1.57. The van der Waals surface area contributed by atoms with Crippen molar-refractivity contribution in [2.24, 2.45) is 0 Å². The number of unbranched alkanes of at least 4 members (excludes halogenated alkanes) is 8. The van der Waals surface area contributed by atoms with E-state index in [2.05, 4.69) is 77.1 Å². The average Bonchev–Trinajstić information content (AvgIpc) is 3.56. The van der Waals surface area contributed by atoms with Gasteiger partial charge in [0.1, 0.15) is 0 Å². The molecule has 0 spiro atoms. The van der Waals surface area contributed by atoms with E-state index in [-0.39, 0.29) is 0 Å². The first-order chi connectivity index (χ1) is 27.5. The number of hydrogen-bond acceptors (Lipinski definition) is 2. The van der Waals surface area contributed by atoms with Crippen LogP contribution in [0.15, 0.2) is 109 Å². The summed E-state index contributed by atoms with van der Waals surface area (Å²) in [6.45, 7) is 11.4. The Balaban J connectivity index is 0.000000384. The second kappa shape index (κ2) is 26.1. The van der Waals surface area contributed by atoms with Gasteiger partial charge < -0.3 is 5.53 Å². The molecule has 5 heteroatoms. The van der Waals surface area contributed by atoms with Gasteiger partial charge in [0.05, 0.1) is 0 Å². The van der Waals surface area contributed by atoms with Gasteiger partial charge >= 0.3 is 95.0 Å². The second-order valence-corrected chi connectivity index (χ2v) is 15.7. The fourth-order valence-corrected chi connectivity index (χ4v) is 7.63. The number of allylic oxidation sites excluding steroid dienone is 2. The van der Waals surface area contributed by atoms with Crippen molar-refractivity contribution in [3.8, 4) is 11.5 Å². The van der Waals surface area contributed by atoms with Gasteiger partial charge in [0, 0.05) is 22.8 Å². The molecule has 5 rings (SSSR count). The molecule has 1 aliphatic heterocycles. The van der Waals surface area contributed by atoms with Crippen LogP contribution in [0.3, 0.4) is 0 Å². The van der Waals surface area contributed by atoms with Crippen molar-refractivity contribution >= 4 is 11.4 Å². The summed E-state index contributed by atoms with van der Waals surface area (Å²) in [5, 5.41) is 0. The summed E-state index contributed by atoms with van der Waals surface area (Å²) in [4.78, 5) is 0. The van der Waals surface area contributed by atoms with Crippen LogP contribution in [0, 0.1) is 0 Å². The molecule has 4 aromatic rings. The van der Waals surface area contributed by atoms with Crippen LogP contribution in [0.2, 0.25) is 0 Å². The Morgan fingerprint density at radius 1 is 0.464 bits per heavy atom. The van der Waals surface area contributed by atoms with Crippen LogP contribution in [-0.2, 0) is 40.8 Å². The molecule has 56 heavy (non-hydrogen) atoms. The van der Waals surface area contributed by atoms with Gasteiger partial charge in [-0.15, -0.1) is 0 Å². The Morgan fingerprint density at radius 3 is 1.29 bits per heavy atom. The third-order valence-electron chi connectivity index (χ3n) is 10.2. The molecule has 304 valence electrons. The number of aryl methyl sites for hydroxylation is 4. The van der Waals surface area contributed by atoms with Crippen LogP contribution in [0.5, 0.6) is 11.5 Å². The average molecular weight is 800 g/mol. The van der Waals surface area contributed by atoms with Gasteiger partial charge in [-0.3, -0.25) is 0 Å². The summed E-state index contributed by atoms with van der Waals surface area (Å²) in [5.41, 5.74) is 23.2. The SMILES string of the molecule is CCCCCC1=C(c2cc(CCCC)cc(CCCC)c2)[N+](=[N-])C(c2cc(CCCCC)cc(CCCCC)c2)=C1.c1ccc([O][Ni][O]c2ccccc2)cc1. The molecule has 0 radical (unpaired) electrons. The molecule has 0 amide bonds. The summed E-state index contributed by atoms with van der Waals surface area (Å²) in [7, 11) is 0. The number of benzene rings is 4. The maximum atomic E-state index is 11.9. The Kier molecular flexibility index (Phi) is 20.8. The van der Waals surface area contributed by atoms with Crippen LogP contribution in [0.1, 0.15) is 158 Å². The predicted octanol–water partition coefficient (Wildman–Crippen LogP) is 15.3. The maximum absolute atomic E-state index is 11.9. The van der Waals surface area contributed by atoms with Crippen molar-refractivity contribution in [3.05, 3.63) is 148 Å². The van der Waals surface area contributed by atoms with E-state index < -0.39 is 0 Å². The summed E-state index contributed by atoms with van der Waals surface area (Å²) < 4.78 is 12.2. The van der Waals surface area contributed by atoms with Crippen molar-refractivity contribution in [1.82, 2.24) is 0 Å². The van der Waals surface area contributed by atoms with Gasteiger partial charge in [-0.2, -0.15) is 0 Å². The topological polar surface area (TPSA) is 43.8 Å². The minimum absolute atomic E-state index is 0.777. The fraction of sp³-hybridized carbons (Fsp3) is 0.451. The fourth-order valence-electron chi connectivity index (χ4n) is 7.13.